The highest BCUT2D eigenvalue weighted by Gasteiger charge is 2.29. The quantitative estimate of drug-likeness (QED) is 0.915. The number of anilines is 1. The number of hydrogen-bond donors (Lipinski definition) is 1. The molecule has 0 aliphatic carbocycles. The molecule has 0 bridgehead atoms. The van der Waals surface area contributed by atoms with Gasteiger partial charge in [0.25, 0.3) is 0 Å². The Labute approximate surface area is 113 Å². The fraction of sp³-hybridized carbons (Fsp3) is 0.400. The van der Waals surface area contributed by atoms with Crippen LogP contribution >= 0.6 is 0 Å². The summed E-state index contributed by atoms with van der Waals surface area (Å²) in [5.41, 5.74) is 1.05. The minimum atomic E-state index is -0.0620. The van der Waals surface area contributed by atoms with E-state index < -0.39 is 0 Å². The third kappa shape index (κ3) is 2.63. The smallest absolute Gasteiger partial charge is 0.207 e. The molecule has 100 valence electrons. The summed E-state index contributed by atoms with van der Waals surface area (Å²) in [6, 6.07) is 10.2. The zero-order chi connectivity index (χ0) is 13.1. The van der Waals surface area contributed by atoms with Crippen LogP contribution < -0.4 is 5.32 Å². The Morgan fingerprint density at radius 2 is 2.21 bits per heavy atom. The highest BCUT2D eigenvalue weighted by molar-refractivity contribution is 5.41. The zero-order valence-corrected chi connectivity index (χ0v) is 11.2. The molecule has 0 saturated carbocycles. The lowest BCUT2D eigenvalue weighted by atomic mass is 10.0. The van der Waals surface area contributed by atoms with E-state index in [1.807, 2.05) is 30.6 Å². The molecule has 1 atom stereocenters. The van der Waals surface area contributed by atoms with E-state index in [1.165, 1.54) is 0 Å². The molecule has 2 heterocycles. The lowest BCUT2D eigenvalue weighted by Crippen LogP contribution is -2.33. The summed E-state index contributed by atoms with van der Waals surface area (Å²) in [5.74, 6) is 0.864. The third-order valence-electron chi connectivity index (χ3n) is 3.60. The summed E-state index contributed by atoms with van der Waals surface area (Å²) in [4.78, 5) is 4.38. The van der Waals surface area contributed by atoms with Gasteiger partial charge in [0.2, 0.25) is 5.95 Å². The highest BCUT2D eigenvalue weighted by atomic mass is 16.5. The monoisotopic (exact) mass is 257 g/mol. The fourth-order valence-corrected chi connectivity index (χ4v) is 2.47. The molecule has 0 spiro atoms. The lowest BCUT2D eigenvalue weighted by molar-refractivity contribution is 0.0314. The molecule has 4 nitrogen and oxygen atoms in total. The minimum absolute atomic E-state index is 0.0620. The van der Waals surface area contributed by atoms with Gasteiger partial charge >= 0.3 is 0 Å². The Morgan fingerprint density at radius 3 is 2.95 bits per heavy atom. The summed E-state index contributed by atoms with van der Waals surface area (Å²) >= 11 is 0. The Morgan fingerprint density at radius 1 is 1.37 bits per heavy atom. The molecule has 1 aromatic heterocycles. The first-order chi connectivity index (χ1) is 9.27. The maximum atomic E-state index is 5.78. The van der Waals surface area contributed by atoms with E-state index in [2.05, 4.69) is 33.9 Å². The van der Waals surface area contributed by atoms with E-state index in [-0.39, 0.29) is 5.60 Å². The average Bonchev–Trinajstić information content (AvgIpc) is 3.07. The minimum Gasteiger partial charge on any atom is -0.373 e. The summed E-state index contributed by atoms with van der Waals surface area (Å²) < 4.78 is 7.84. The summed E-state index contributed by atoms with van der Waals surface area (Å²) in [6.45, 7) is 3.81. The normalized spacial score (nSPS) is 22.6. The molecule has 0 radical (unpaired) electrons. The molecular weight excluding hydrogens is 238 g/mol. The first kappa shape index (κ1) is 12.2. The van der Waals surface area contributed by atoms with Crippen LogP contribution in [0.4, 0.5) is 5.95 Å². The van der Waals surface area contributed by atoms with E-state index in [4.69, 9.17) is 4.74 Å². The molecule has 1 N–H and O–H groups in total. The number of ether oxygens (including phenoxy) is 1. The van der Waals surface area contributed by atoms with Gasteiger partial charge in [-0.2, -0.15) is 0 Å². The predicted molar refractivity (Wildman–Crippen MR) is 75.6 cm³/mol. The van der Waals surface area contributed by atoms with Crippen molar-refractivity contribution in [2.75, 3.05) is 18.5 Å². The van der Waals surface area contributed by atoms with Gasteiger partial charge < -0.3 is 10.1 Å². The Balaban J connectivity index is 1.74. The van der Waals surface area contributed by atoms with Gasteiger partial charge in [-0.15, -0.1) is 0 Å². The van der Waals surface area contributed by atoms with Crippen molar-refractivity contribution in [3.63, 3.8) is 0 Å². The molecule has 1 aromatic carbocycles. The second-order valence-corrected chi connectivity index (χ2v) is 5.21. The molecule has 1 aliphatic rings. The summed E-state index contributed by atoms with van der Waals surface area (Å²) in [5, 5.41) is 3.40. The molecular formula is C15H19N3O. The number of nitrogens with one attached hydrogen (secondary N) is 1. The Kier molecular flexibility index (Phi) is 3.25. The van der Waals surface area contributed by atoms with Gasteiger partial charge in [-0.25, -0.2) is 4.98 Å². The topological polar surface area (TPSA) is 39.1 Å². The van der Waals surface area contributed by atoms with E-state index >= 15 is 0 Å². The fourth-order valence-electron chi connectivity index (χ4n) is 2.47. The molecule has 3 rings (SSSR count). The maximum Gasteiger partial charge on any atom is 0.207 e. The number of imidazole rings is 1. The lowest BCUT2D eigenvalue weighted by Gasteiger charge is -2.23. The van der Waals surface area contributed by atoms with Crippen LogP contribution in [0.5, 0.6) is 0 Å². The van der Waals surface area contributed by atoms with Gasteiger partial charge in [0.15, 0.2) is 0 Å². The van der Waals surface area contributed by atoms with E-state index in [0.29, 0.717) is 0 Å². The predicted octanol–water partition coefficient (Wildman–Crippen LogP) is 2.85. The van der Waals surface area contributed by atoms with Crippen LogP contribution in [0.3, 0.4) is 0 Å². The standard InChI is InChI=1S/C15H19N3O/c1-15(8-5-11-19-15)12-17-14-16-9-10-18(14)13-6-3-2-4-7-13/h2-4,6-7,9-10H,5,8,11-12H2,1H3,(H,16,17). The molecule has 1 unspecified atom stereocenters. The molecule has 2 aromatic rings. The van der Waals surface area contributed by atoms with Crippen molar-refractivity contribution in [1.82, 2.24) is 9.55 Å². The van der Waals surface area contributed by atoms with Crippen LogP contribution in [-0.4, -0.2) is 28.3 Å². The van der Waals surface area contributed by atoms with Crippen molar-refractivity contribution in [3.05, 3.63) is 42.7 Å². The van der Waals surface area contributed by atoms with Crippen molar-refractivity contribution >= 4 is 5.95 Å². The van der Waals surface area contributed by atoms with Crippen LogP contribution in [0.25, 0.3) is 5.69 Å². The SMILES string of the molecule is CC1(CNc2nccn2-c2ccccc2)CCCO1. The largest absolute Gasteiger partial charge is 0.373 e. The van der Waals surface area contributed by atoms with E-state index in [0.717, 1.165) is 37.6 Å². The number of rotatable bonds is 4. The van der Waals surface area contributed by atoms with Crippen LogP contribution in [0.1, 0.15) is 19.8 Å². The molecule has 4 heteroatoms. The van der Waals surface area contributed by atoms with Gasteiger partial charge in [-0.05, 0) is 31.9 Å². The molecule has 1 saturated heterocycles. The number of aromatic nitrogens is 2. The molecule has 1 aliphatic heterocycles. The first-order valence-corrected chi connectivity index (χ1v) is 6.73. The third-order valence-corrected chi connectivity index (χ3v) is 3.60. The van der Waals surface area contributed by atoms with Gasteiger partial charge in [-0.1, -0.05) is 18.2 Å². The van der Waals surface area contributed by atoms with Gasteiger partial charge in [-0.3, -0.25) is 4.57 Å². The molecule has 0 amide bonds. The maximum absolute atomic E-state index is 5.78. The number of hydrogen-bond acceptors (Lipinski definition) is 3. The van der Waals surface area contributed by atoms with Crippen molar-refractivity contribution in [2.45, 2.75) is 25.4 Å². The second kappa shape index (κ2) is 5.05. The van der Waals surface area contributed by atoms with E-state index in [1.54, 1.807) is 0 Å². The molecule has 1 fully saturated rings. The number of nitrogens with zero attached hydrogens (tertiary/aromatic N) is 2. The van der Waals surface area contributed by atoms with E-state index in [9.17, 15) is 0 Å². The zero-order valence-electron chi connectivity index (χ0n) is 11.2. The van der Waals surface area contributed by atoms with Crippen molar-refractivity contribution in [3.8, 4) is 5.69 Å². The van der Waals surface area contributed by atoms with Gasteiger partial charge in [0.1, 0.15) is 0 Å². The molecule has 19 heavy (non-hydrogen) atoms. The van der Waals surface area contributed by atoms with Crippen molar-refractivity contribution < 1.29 is 4.74 Å². The van der Waals surface area contributed by atoms with Crippen LogP contribution in [0, 0.1) is 0 Å². The van der Waals surface area contributed by atoms with Gasteiger partial charge in [0, 0.05) is 31.2 Å². The summed E-state index contributed by atoms with van der Waals surface area (Å²) in [6.07, 6.45) is 6.03. The van der Waals surface area contributed by atoms with Crippen LogP contribution in [0.15, 0.2) is 42.7 Å². The first-order valence-electron chi connectivity index (χ1n) is 6.73. The Bertz CT molecular complexity index is 529. The van der Waals surface area contributed by atoms with Gasteiger partial charge in [0.05, 0.1) is 5.60 Å². The number of para-hydroxylation sites is 1. The summed E-state index contributed by atoms with van der Waals surface area (Å²) in [7, 11) is 0. The van der Waals surface area contributed by atoms with Crippen molar-refractivity contribution in [2.24, 2.45) is 0 Å². The van der Waals surface area contributed by atoms with Crippen molar-refractivity contribution in [1.29, 1.82) is 0 Å². The number of benzene rings is 1. The highest BCUT2D eigenvalue weighted by Crippen LogP contribution is 2.25. The van der Waals surface area contributed by atoms with Crippen LogP contribution in [0.2, 0.25) is 0 Å². The second-order valence-electron chi connectivity index (χ2n) is 5.21. The van der Waals surface area contributed by atoms with Crippen LogP contribution in [-0.2, 0) is 4.74 Å². The average molecular weight is 257 g/mol. The Hall–Kier alpha value is -1.81.